The number of rotatable bonds is 11. The Kier molecular flexibility index (Phi) is 8.31. The van der Waals surface area contributed by atoms with Gasteiger partial charge < -0.3 is 18.8 Å². The van der Waals surface area contributed by atoms with E-state index in [4.69, 9.17) is 24.2 Å². The van der Waals surface area contributed by atoms with Gasteiger partial charge in [0, 0.05) is 37.9 Å². The number of hydrogen-bond donors (Lipinski definition) is 0. The van der Waals surface area contributed by atoms with Gasteiger partial charge in [0.05, 0.1) is 12.3 Å². The van der Waals surface area contributed by atoms with Crippen LogP contribution in [0.4, 0.5) is 4.39 Å². The first-order valence-electron chi connectivity index (χ1n) is 16.3. The molecule has 45 heavy (non-hydrogen) atoms. The first-order valence-corrected chi connectivity index (χ1v) is 16.3. The van der Waals surface area contributed by atoms with Crippen LogP contribution in [0.1, 0.15) is 63.1 Å². The monoisotopic (exact) mass is 617 g/mol. The van der Waals surface area contributed by atoms with Crippen molar-refractivity contribution in [3.05, 3.63) is 74.3 Å². The van der Waals surface area contributed by atoms with Crippen LogP contribution in [0.2, 0.25) is 0 Å². The summed E-state index contributed by atoms with van der Waals surface area (Å²) in [6, 6.07) is 9.96. The molecule has 2 aliphatic carbocycles. The molecule has 0 spiro atoms. The maximum absolute atomic E-state index is 14.1. The summed E-state index contributed by atoms with van der Waals surface area (Å²) in [5.74, 6) is 2.37. The van der Waals surface area contributed by atoms with E-state index in [1.807, 2.05) is 30.5 Å². The lowest BCUT2D eigenvalue weighted by Crippen LogP contribution is -2.40. The maximum atomic E-state index is 14.1. The Bertz CT molecular complexity index is 1800. The van der Waals surface area contributed by atoms with Crippen LogP contribution in [-0.4, -0.2) is 49.3 Å². The number of benzene rings is 1. The van der Waals surface area contributed by atoms with Crippen molar-refractivity contribution in [1.82, 2.24) is 23.7 Å². The van der Waals surface area contributed by atoms with Gasteiger partial charge in [-0.2, -0.15) is 0 Å². The number of pyridine rings is 1. The zero-order valence-corrected chi connectivity index (χ0v) is 25.9. The fourth-order valence-corrected chi connectivity index (χ4v) is 6.95. The van der Waals surface area contributed by atoms with Crippen LogP contribution < -0.4 is 16.0 Å². The van der Waals surface area contributed by atoms with Gasteiger partial charge in [0.25, 0.3) is 5.56 Å². The van der Waals surface area contributed by atoms with Crippen molar-refractivity contribution in [1.29, 1.82) is 0 Å². The normalized spacial score (nSPS) is 22.6. The van der Waals surface area contributed by atoms with Crippen LogP contribution in [-0.2, 0) is 29.1 Å². The third kappa shape index (κ3) is 6.07. The minimum atomic E-state index is -0.417. The van der Waals surface area contributed by atoms with E-state index in [1.165, 1.54) is 27.7 Å². The van der Waals surface area contributed by atoms with Crippen molar-refractivity contribution in [2.75, 3.05) is 13.2 Å². The Morgan fingerprint density at radius 1 is 0.978 bits per heavy atom. The van der Waals surface area contributed by atoms with E-state index >= 15 is 0 Å². The van der Waals surface area contributed by atoms with Gasteiger partial charge in [-0.3, -0.25) is 13.9 Å². The van der Waals surface area contributed by atoms with Crippen molar-refractivity contribution in [3.8, 4) is 17.3 Å². The lowest BCUT2D eigenvalue weighted by atomic mass is 10.1. The molecule has 2 saturated carbocycles. The fraction of sp³-hybridized carbons (Fsp3) is 0.529. The molecular formula is C34H40FN5O5. The van der Waals surface area contributed by atoms with Crippen molar-refractivity contribution in [2.45, 2.75) is 90.8 Å². The lowest BCUT2D eigenvalue weighted by molar-refractivity contribution is -0.163. The molecule has 1 saturated heterocycles. The number of imidazole rings is 1. The first kappa shape index (κ1) is 29.9. The van der Waals surface area contributed by atoms with Crippen LogP contribution in [0.5, 0.6) is 5.88 Å². The quantitative estimate of drug-likeness (QED) is 0.217. The Labute approximate surface area is 260 Å². The number of nitrogens with zero attached hydrogens (tertiary/aromatic N) is 5. The average Bonchev–Trinajstić information content (AvgIpc) is 3.48. The Morgan fingerprint density at radius 3 is 2.49 bits per heavy atom. The minimum Gasteiger partial charge on any atom is -0.474 e. The number of fused-ring (bicyclic) bond motifs is 2. The number of hydrogen-bond acceptors (Lipinski definition) is 7. The third-order valence-corrected chi connectivity index (χ3v) is 9.44. The molecule has 1 aromatic carbocycles. The van der Waals surface area contributed by atoms with Gasteiger partial charge in [-0.25, -0.2) is 19.2 Å². The molecule has 4 aromatic rings. The summed E-state index contributed by atoms with van der Waals surface area (Å²) in [4.78, 5) is 37.4. The van der Waals surface area contributed by atoms with Gasteiger partial charge in [-0.05, 0) is 94.4 Å². The summed E-state index contributed by atoms with van der Waals surface area (Å²) in [7, 11) is 0. The van der Waals surface area contributed by atoms with E-state index in [0.29, 0.717) is 54.7 Å². The van der Waals surface area contributed by atoms with E-state index in [-0.39, 0.29) is 31.3 Å². The molecule has 0 amide bonds. The molecule has 10 nitrogen and oxygen atoms in total. The predicted molar refractivity (Wildman–Crippen MR) is 167 cm³/mol. The summed E-state index contributed by atoms with van der Waals surface area (Å²) < 4.78 is 36.2. The smallest absolute Gasteiger partial charge is 0.332 e. The van der Waals surface area contributed by atoms with Gasteiger partial charge in [0.15, 0.2) is 17.5 Å². The highest BCUT2D eigenvalue weighted by molar-refractivity contribution is 5.78. The highest BCUT2D eigenvalue weighted by Gasteiger charge is 2.47. The summed E-state index contributed by atoms with van der Waals surface area (Å²) in [6.45, 7) is 5.63. The summed E-state index contributed by atoms with van der Waals surface area (Å²) >= 11 is 0. The molecule has 3 fully saturated rings. The van der Waals surface area contributed by atoms with Crippen LogP contribution in [0.3, 0.4) is 0 Å². The molecule has 7 rings (SSSR count). The lowest BCUT2D eigenvalue weighted by Gasteiger charge is -2.22. The van der Waals surface area contributed by atoms with Crippen molar-refractivity contribution in [3.63, 3.8) is 0 Å². The van der Waals surface area contributed by atoms with E-state index in [2.05, 4.69) is 0 Å². The molecule has 11 heteroatoms. The highest BCUT2D eigenvalue weighted by atomic mass is 19.1. The van der Waals surface area contributed by atoms with Gasteiger partial charge in [-0.1, -0.05) is 12.1 Å². The molecule has 4 atom stereocenters. The van der Waals surface area contributed by atoms with E-state index in [0.717, 1.165) is 55.1 Å². The van der Waals surface area contributed by atoms with Crippen molar-refractivity contribution in [2.24, 2.45) is 11.8 Å². The maximum Gasteiger partial charge on any atom is 0.332 e. The predicted octanol–water partition coefficient (Wildman–Crippen LogP) is 5.05. The van der Waals surface area contributed by atoms with Crippen LogP contribution in [0, 0.1) is 24.6 Å². The first-order chi connectivity index (χ1) is 21.9. The SMILES string of the molecule is CCn1c(=O)n(CCCOC2CCCCO2)c(=O)c2c1nc(-c1ccc(OC3C[C@@H]4C[C@@H]4C3)nc1C)n2Cc1ccc(F)cc1. The molecule has 3 aromatic heterocycles. The summed E-state index contributed by atoms with van der Waals surface area (Å²) in [6.07, 6.45) is 6.89. The number of ether oxygens (including phenoxy) is 3. The van der Waals surface area contributed by atoms with Crippen molar-refractivity contribution >= 4 is 11.2 Å². The second-order valence-electron chi connectivity index (χ2n) is 12.6. The van der Waals surface area contributed by atoms with Gasteiger partial charge in [0.2, 0.25) is 5.88 Å². The van der Waals surface area contributed by atoms with Crippen molar-refractivity contribution < 1.29 is 18.6 Å². The second kappa shape index (κ2) is 12.5. The minimum absolute atomic E-state index is 0.201. The van der Waals surface area contributed by atoms with Crippen LogP contribution in [0.25, 0.3) is 22.6 Å². The van der Waals surface area contributed by atoms with Crippen LogP contribution >= 0.6 is 0 Å². The zero-order valence-electron chi connectivity index (χ0n) is 25.9. The largest absolute Gasteiger partial charge is 0.474 e. The summed E-state index contributed by atoms with van der Waals surface area (Å²) in [5.41, 5.74) is 2.05. The molecule has 0 bridgehead atoms. The molecule has 2 unspecified atom stereocenters. The Balaban J connectivity index is 1.25. The number of halogens is 1. The topological polar surface area (TPSA) is 102 Å². The molecule has 1 aliphatic heterocycles. The molecule has 4 heterocycles. The molecule has 0 radical (unpaired) electrons. The van der Waals surface area contributed by atoms with Gasteiger partial charge in [0.1, 0.15) is 17.7 Å². The fourth-order valence-electron chi connectivity index (χ4n) is 6.95. The Hall–Kier alpha value is -3.83. The van der Waals surface area contributed by atoms with E-state index < -0.39 is 11.2 Å². The number of aromatic nitrogens is 5. The second-order valence-corrected chi connectivity index (χ2v) is 12.6. The van der Waals surface area contributed by atoms with Gasteiger partial charge >= 0.3 is 5.69 Å². The highest BCUT2D eigenvalue weighted by Crippen LogP contribution is 2.52. The third-order valence-electron chi connectivity index (χ3n) is 9.44. The zero-order chi connectivity index (χ0) is 31.1. The standard InChI is InChI=1S/C34H40FN5O5/c1-3-38-32-30(33(41)39(34(38)42)14-6-16-44-29-7-4-5-15-43-29)40(20-22-8-10-25(35)11-9-22)31(37-32)27-12-13-28(36-21(27)2)45-26-18-23-17-24(23)19-26/h8-13,23-24,26,29H,3-7,14-20H2,1-2H3/t23-,24+,26?,29?. The molecule has 3 aliphatic rings. The van der Waals surface area contributed by atoms with Gasteiger partial charge in [-0.15, -0.1) is 0 Å². The van der Waals surface area contributed by atoms with Crippen LogP contribution in [0.15, 0.2) is 46.0 Å². The number of aryl methyl sites for hydroxylation is 2. The Morgan fingerprint density at radius 2 is 1.78 bits per heavy atom. The molecule has 0 N–H and O–H groups in total. The van der Waals surface area contributed by atoms with E-state index in [9.17, 15) is 14.0 Å². The molecular weight excluding hydrogens is 577 g/mol. The molecule has 238 valence electrons. The van der Waals surface area contributed by atoms with E-state index in [1.54, 1.807) is 12.1 Å². The average molecular weight is 618 g/mol. The summed E-state index contributed by atoms with van der Waals surface area (Å²) in [5, 5.41) is 0.